The van der Waals surface area contributed by atoms with Crippen molar-refractivity contribution >= 4 is 5.78 Å². The quantitative estimate of drug-likeness (QED) is 0.447. The van der Waals surface area contributed by atoms with Gasteiger partial charge >= 0.3 is 0 Å². The Bertz CT molecular complexity index is 215. The number of carbonyl (C=O) groups excluding carboxylic acids is 1. The first-order valence-corrected chi connectivity index (χ1v) is 6.52. The Labute approximate surface area is 93.9 Å². The van der Waals surface area contributed by atoms with Crippen LogP contribution in [0.2, 0.25) is 0 Å². The van der Waals surface area contributed by atoms with Crippen LogP contribution in [0.25, 0.3) is 0 Å². The molecule has 0 bridgehead atoms. The summed E-state index contributed by atoms with van der Waals surface area (Å²) < 4.78 is 0. The minimum Gasteiger partial charge on any atom is -0.299 e. The van der Waals surface area contributed by atoms with E-state index in [1.165, 1.54) is 50.5 Å². The largest absolute Gasteiger partial charge is 0.299 e. The van der Waals surface area contributed by atoms with Gasteiger partial charge in [0, 0.05) is 12.8 Å². The molecule has 1 aliphatic rings. The van der Waals surface area contributed by atoms with Gasteiger partial charge in [0.15, 0.2) is 0 Å². The van der Waals surface area contributed by atoms with E-state index < -0.39 is 0 Å². The van der Waals surface area contributed by atoms with Crippen molar-refractivity contribution < 1.29 is 4.79 Å². The van der Waals surface area contributed by atoms with Gasteiger partial charge < -0.3 is 0 Å². The summed E-state index contributed by atoms with van der Waals surface area (Å²) in [7, 11) is 0. The van der Waals surface area contributed by atoms with Gasteiger partial charge in [-0.1, -0.05) is 50.7 Å². The lowest BCUT2D eigenvalue weighted by Crippen LogP contribution is -2.03. The Morgan fingerprint density at radius 1 is 1.07 bits per heavy atom. The average Bonchev–Trinajstić information content (AvgIpc) is 2.26. The van der Waals surface area contributed by atoms with E-state index in [1.54, 1.807) is 0 Å². The Kier molecular flexibility index (Phi) is 6.38. The molecule has 1 nitrogen and oxygen atoms in total. The highest BCUT2D eigenvalue weighted by atomic mass is 16.1. The molecule has 0 heterocycles. The van der Waals surface area contributed by atoms with Crippen LogP contribution in [0, 0.1) is 0 Å². The fourth-order valence-corrected chi connectivity index (χ4v) is 2.12. The number of Topliss-reactive ketones (excluding diaryl/α,β-unsaturated/α-hetero) is 1. The van der Waals surface area contributed by atoms with E-state index in [0.29, 0.717) is 12.2 Å². The molecular formula is C14H24O. The standard InChI is InChI=1S/C14H24O/c1-2-3-4-5-6-7-8-13-9-11-14(15)12-10-13/h9H,2-8,10-12H2,1H3. The zero-order chi connectivity index (χ0) is 10.9. The number of carbonyl (C=O) groups is 1. The number of rotatable bonds is 7. The number of ketones is 1. The predicted molar refractivity (Wildman–Crippen MR) is 64.9 cm³/mol. The minimum atomic E-state index is 0.418. The second-order valence-electron chi connectivity index (χ2n) is 4.62. The van der Waals surface area contributed by atoms with Crippen molar-refractivity contribution in [2.75, 3.05) is 0 Å². The van der Waals surface area contributed by atoms with E-state index in [9.17, 15) is 4.79 Å². The topological polar surface area (TPSA) is 17.1 Å². The van der Waals surface area contributed by atoms with Crippen LogP contribution in [0.5, 0.6) is 0 Å². The van der Waals surface area contributed by atoms with Crippen molar-refractivity contribution in [1.82, 2.24) is 0 Å². The number of hydrogen-bond acceptors (Lipinski definition) is 1. The van der Waals surface area contributed by atoms with E-state index in [0.717, 1.165) is 12.8 Å². The lowest BCUT2D eigenvalue weighted by molar-refractivity contribution is -0.118. The lowest BCUT2D eigenvalue weighted by Gasteiger charge is -2.11. The average molecular weight is 208 g/mol. The molecule has 15 heavy (non-hydrogen) atoms. The molecule has 0 spiro atoms. The molecule has 0 fully saturated rings. The van der Waals surface area contributed by atoms with Gasteiger partial charge in [-0.3, -0.25) is 4.79 Å². The number of unbranched alkanes of at least 4 members (excludes halogenated alkanes) is 5. The second kappa shape index (κ2) is 7.67. The van der Waals surface area contributed by atoms with Crippen LogP contribution in [0.15, 0.2) is 11.6 Å². The van der Waals surface area contributed by atoms with Crippen LogP contribution in [0.3, 0.4) is 0 Å². The Morgan fingerprint density at radius 3 is 2.47 bits per heavy atom. The highest BCUT2D eigenvalue weighted by Crippen LogP contribution is 2.20. The third-order valence-corrected chi connectivity index (χ3v) is 3.19. The van der Waals surface area contributed by atoms with Crippen LogP contribution in [-0.4, -0.2) is 5.78 Å². The SMILES string of the molecule is CCCCCCCCC1=CCC(=O)CC1. The summed E-state index contributed by atoms with van der Waals surface area (Å²) in [5, 5.41) is 0. The smallest absolute Gasteiger partial charge is 0.136 e. The van der Waals surface area contributed by atoms with E-state index >= 15 is 0 Å². The van der Waals surface area contributed by atoms with Crippen LogP contribution in [0.4, 0.5) is 0 Å². The predicted octanol–water partition coefficient (Wildman–Crippen LogP) is 4.42. The third-order valence-electron chi connectivity index (χ3n) is 3.19. The first-order chi connectivity index (χ1) is 7.33. The molecule has 1 rings (SSSR count). The van der Waals surface area contributed by atoms with Crippen molar-refractivity contribution in [3.8, 4) is 0 Å². The van der Waals surface area contributed by atoms with Gasteiger partial charge in [-0.2, -0.15) is 0 Å². The molecule has 86 valence electrons. The Hall–Kier alpha value is -0.590. The van der Waals surface area contributed by atoms with Gasteiger partial charge in [-0.25, -0.2) is 0 Å². The fourth-order valence-electron chi connectivity index (χ4n) is 2.12. The normalized spacial score (nSPS) is 16.6. The zero-order valence-electron chi connectivity index (χ0n) is 10.1. The molecule has 0 aromatic heterocycles. The molecule has 0 atom stereocenters. The summed E-state index contributed by atoms with van der Waals surface area (Å²) in [6.45, 7) is 2.25. The third kappa shape index (κ3) is 5.76. The van der Waals surface area contributed by atoms with Crippen LogP contribution in [0.1, 0.15) is 71.1 Å². The molecule has 0 aromatic carbocycles. The highest BCUT2D eigenvalue weighted by molar-refractivity contribution is 5.81. The first-order valence-electron chi connectivity index (χ1n) is 6.52. The fraction of sp³-hybridized carbons (Fsp3) is 0.786. The summed E-state index contributed by atoms with van der Waals surface area (Å²) in [6.07, 6.45) is 14.1. The van der Waals surface area contributed by atoms with Gasteiger partial charge in [-0.05, 0) is 19.3 Å². The molecule has 0 amide bonds. The first kappa shape index (κ1) is 12.5. The number of hydrogen-bond donors (Lipinski definition) is 0. The lowest BCUT2D eigenvalue weighted by atomic mass is 9.94. The highest BCUT2D eigenvalue weighted by Gasteiger charge is 2.09. The van der Waals surface area contributed by atoms with E-state index in [-0.39, 0.29) is 0 Å². The van der Waals surface area contributed by atoms with E-state index in [4.69, 9.17) is 0 Å². The van der Waals surface area contributed by atoms with E-state index in [2.05, 4.69) is 13.0 Å². The van der Waals surface area contributed by atoms with Crippen molar-refractivity contribution in [1.29, 1.82) is 0 Å². The van der Waals surface area contributed by atoms with Crippen molar-refractivity contribution in [2.45, 2.75) is 71.1 Å². The molecule has 0 saturated heterocycles. The summed E-state index contributed by atoms with van der Waals surface area (Å²) in [5.41, 5.74) is 1.53. The molecule has 0 saturated carbocycles. The maximum atomic E-state index is 11.0. The summed E-state index contributed by atoms with van der Waals surface area (Å²) in [5.74, 6) is 0.418. The van der Waals surface area contributed by atoms with Gasteiger partial charge in [0.25, 0.3) is 0 Å². The van der Waals surface area contributed by atoms with Crippen LogP contribution >= 0.6 is 0 Å². The van der Waals surface area contributed by atoms with Gasteiger partial charge in [-0.15, -0.1) is 0 Å². The molecule has 0 N–H and O–H groups in total. The second-order valence-corrected chi connectivity index (χ2v) is 4.62. The molecule has 0 radical (unpaired) electrons. The van der Waals surface area contributed by atoms with Gasteiger partial charge in [0.05, 0.1) is 0 Å². The molecule has 0 aromatic rings. The summed E-state index contributed by atoms with van der Waals surface area (Å²) in [4.78, 5) is 11.0. The monoisotopic (exact) mass is 208 g/mol. The number of allylic oxidation sites excluding steroid dienone is 2. The van der Waals surface area contributed by atoms with Crippen molar-refractivity contribution in [3.05, 3.63) is 11.6 Å². The van der Waals surface area contributed by atoms with Gasteiger partial charge in [0.2, 0.25) is 0 Å². The minimum absolute atomic E-state index is 0.418. The molecule has 1 heteroatoms. The molecule has 0 unspecified atom stereocenters. The van der Waals surface area contributed by atoms with Gasteiger partial charge in [0.1, 0.15) is 5.78 Å². The maximum absolute atomic E-state index is 11.0. The van der Waals surface area contributed by atoms with Crippen molar-refractivity contribution in [2.24, 2.45) is 0 Å². The maximum Gasteiger partial charge on any atom is 0.136 e. The van der Waals surface area contributed by atoms with Crippen molar-refractivity contribution in [3.63, 3.8) is 0 Å². The molecule has 1 aliphatic carbocycles. The van der Waals surface area contributed by atoms with E-state index in [1.807, 2.05) is 0 Å². The molecular weight excluding hydrogens is 184 g/mol. The summed E-state index contributed by atoms with van der Waals surface area (Å²) >= 11 is 0. The van der Waals surface area contributed by atoms with Crippen LogP contribution in [-0.2, 0) is 4.79 Å². The summed E-state index contributed by atoms with van der Waals surface area (Å²) in [6, 6.07) is 0. The zero-order valence-corrected chi connectivity index (χ0v) is 10.1. The molecule has 0 aliphatic heterocycles. The van der Waals surface area contributed by atoms with Crippen LogP contribution < -0.4 is 0 Å². The Balaban J connectivity index is 1.98. The Morgan fingerprint density at radius 2 is 1.80 bits per heavy atom.